The zero-order chi connectivity index (χ0) is 24.2. The second-order valence-electron chi connectivity index (χ2n) is 11.5. The van der Waals surface area contributed by atoms with E-state index in [9.17, 15) is 15.0 Å². The summed E-state index contributed by atoms with van der Waals surface area (Å²) in [5.74, 6) is 0.305. The third kappa shape index (κ3) is 4.56. The Labute approximate surface area is 214 Å². The molecule has 0 bridgehead atoms. The summed E-state index contributed by atoms with van der Waals surface area (Å²) < 4.78 is 6.04. The lowest BCUT2D eigenvalue weighted by Gasteiger charge is -2.53. The lowest BCUT2D eigenvalue weighted by atomic mass is 9.56. The van der Waals surface area contributed by atoms with Crippen molar-refractivity contribution in [2.24, 2.45) is 22.7 Å². The van der Waals surface area contributed by atoms with Gasteiger partial charge in [-0.1, -0.05) is 52.6 Å². The number of fused-ring (bicyclic) bond motifs is 2. The molecule has 1 aliphatic heterocycles. The molecule has 0 unspecified atom stereocenters. The maximum atomic E-state index is 11.6. The van der Waals surface area contributed by atoms with Crippen LogP contribution >= 0.6 is 31.9 Å². The van der Waals surface area contributed by atoms with E-state index in [-0.39, 0.29) is 22.7 Å². The Kier molecular flexibility index (Phi) is 6.87. The zero-order valence-electron chi connectivity index (χ0n) is 20.0. The smallest absolute Gasteiger partial charge is 0.335 e. The van der Waals surface area contributed by atoms with Gasteiger partial charge < -0.3 is 14.9 Å². The van der Waals surface area contributed by atoms with Crippen molar-refractivity contribution in [1.82, 2.24) is 0 Å². The van der Waals surface area contributed by atoms with E-state index < -0.39 is 11.6 Å². The van der Waals surface area contributed by atoms with E-state index >= 15 is 0 Å². The van der Waals surface area contributed by atoms with Gasteiger partial charge in [0.15, 0.2) is 0 Å². The molecule has 33 heavy (non-hydrogen) atoms. The van der Waals surface area contributed by atoms with Crippen molar-refractivity contribution >= 4 is 37.8 Å². The van der Waals surface area contributed by atoms with E-state index in [1.54, 1.807) is 18.2 Å². The quantitative estimate of drug-likeness (QED) is 0.370. The van der Waals surface area contributed by atoms with Gasteiger partial charge in [0.2, 0.25) is 0 Å². The Morgan fingerprint density at radius 1 is 1.15 bits per heavy atom. The highest BCUT2D eigenvalue weighted by Crippen LogP contribution is 2.57. The first-order chi connectivity index (χ1) is 15.4. The van der Waals surface area contributed by atoms with E-state index in [0.717, 1.165) is 56.3 Å². The fourth-order valence-corrected chi connectivity index (χ4v) is 8.07. The second-order valence-corrected chi connectivity index (χ2v) is 13.7. The number of ether oxygens (including phenoxy) is 1. The summed E-state index contributed by atoms with van der Waals surface area (Å²) in [5, 5.41) is 20.8. The van der Waals surface area contributed by atoms with Crippen molar-refractivity contribution in [3.05, 3.63) is 41.2 Å². The van der Waals surface area contributed by atoms with Gasteiger partial charge >= 0.3 is 5.97 Å². The predicted octanol–water partition coefficient (Wildman–Crippen LogP) is 7.11. The number of hydrogen-bond acceptors (Lipinski definition) is 3. The van der Waals surface area contributed by atoms with E-state index in [4.69, 9.17) is 4.74 Å². The molecule has 2 fully saturated rings. The van der Waals surface area contributed by atoms with Crippen LogP contribution in [0.15, 0.2) is 30.0 Å². The fraction of sp³-hybridized carbons (Fsp3) is 0.667. The molecule has 0 aromatic heterocycles. The van der Waals surface area contributed by atoms with Gasteiger partial charge in [0.1, 0.15) is 5.75 Å². The van der Waals surface area contributed by atoms with Crippen LogP contribution in [0.2, 0.25) is 0 Å². The summed E-state index contributed by atoms with van der Waals surface area (Å²) in [7, 11) is 0. The molecule has 182 valence electrons. The van der Waals surface area contributed by atoms with E-state index in [1.807, 2.05) is 13.2 Å². The maximum Gasteiger partial charge on any atom is 0.335 e. The van der Waals surface area contributed by atoms with E-state index in [0.29, 0.717) is 15.2 Å². The highest BCUT2D eigenvalue weighted by Gasteiger charge is 2.52. The lowest BCUT2D eigenvalue weighted by molar-refractivity contribution is -0.0932. The number of hydrogen-bond donors (Lipinski definition) is 2. The number of alkyl halides is 2. The van der Waals surface area contributed by atoms with Crippen LogP contribution in [0.3, 0.4) is 0 Å². The molecule has 1 heterocycles. The molecule has 0 saturated heterocycles. The van der Waals surface area contributed by atoms with Crippen molar-refractivity contribution < 1.29 is 19.7 Å². The van der Waals surface area contributed by atoms with Gasteiger partial charge in [-0.15, -0.1) is 0 Å². The minimum atomic E-state index is -0.911. The van der Waals surface area contributed by atoms with Crippen LogP contribution in [-0.4, -0.2) is 31.4 Å². The summed E-state index contributed by atoms with van der Waals surface area (Å²) >= 11 is 7.94. The van der Waals surface area contributed by atoms with Crippen LogP contribution in [0.5, 0.6) is 5.75 Å². The number of benzene rings is 1. The molecule has 6 heteroatoms. The van der Waals surface area contributed by atoms with Gasteiger partial charge in [-0.05, 0) is 104 Å². The standard InChI is InChI=1S/C27H36Br2O4/c1-25(2)21(27(4,32)12-10-22(25)28)9-11-26(3)19-14-18-13-16(24(30)31)5-7-20(18)33-15-17(19)6-8-23(26)29/h5,7,13,15,19,21-23,32H,6,8-12,14H2,1-4H3,(H,30,31)/t19-,21+,22+,23+,26+,27+/m1/s1. The molecule has 2 saturated carbocycles. The average molecular weight is 584 g/mol. The number of allylic oxidation sites excluding steroid dienone is 1. The van der Waals surface area contributed by atoms with Gasteiger partial charge in [0.05, 0.1) is 17.4 Å². The molecule has 1 aromatic carbocycles. The van der Waals surface area contributed by atoms with Crippen molar-refractivity contribution in [2.45, 2.75) is 87.9 Å². The monoisotopic (exact) mass is 582 g/mol. The van der Waals surface area contributed by atoms with E-state index in [2.05, 4.69) is 52.6 Å². The Hall–Kier alpha value is -0.850. The number of rotatable bonds is 4. The molecule has 0 spiro atoms. The molecular weight excluding hydrogens is 548 g/mol. The van der Waals surface area contributed by atoms with Crippen molar-refractivity contribution in [1.29, 1.82) is 0 Å². The van der Waals surface area contributed by atoms with Crippen molar-refractivity contribution in [3.63, 3.8) is 0 Å². The average Bonchev–Trinajstić information content (AvgIpc) is 2.93. The highest BCUT2D eigenvalue weighted by molar-refractivity contribution is 9.09. The Bertz CT molecular complexity index is 953. The van der Waals surface area contributed by atoms with Crippen LogP contribution in [0.1, 0.15) is 82.1 Å². The molecule has 6 atom stereocenters. The lowest BCUT2D eigenvalue weighted by Crippen LogP contribution is -2.52. The summed E-state index contributed by atoms with van der Waals surface area (Å²) in [4.78, 5) is 12.3. The first-order valence-corrected chi connectivity index (χ1v) is 13.9. The number of carboxylic acid groups (broad SMARTS) is 1. The normalized spacial score (nSPS) is 37.7. The first-order valence-electron chi connectivity index (χ1n) is 12.1. The number of carbonyl (C=O) groups is 1. The van der Waals surface area contributed by atoms with Crippen LogP contribution in [0.4, 0.5) is 0 Å². The van der Waals surface area contributed by atoms with Gasteiger partial charge in [0, 0.05) is 9.65 Å². The van der Waals surface area contributed by atoms with Gasteiger partial charge in [-0.25, -0.2) is 4.79 Å². The van der Waals surface area contributed by atoms with Crippen LogP contribution < -0.4 is 4.74 Å². The molecule has 4 rings (SSSR count). The number of carboxylic acids is 1. The minimum Gasteiger partial charge on any atom is -0.478 e. The molecule has 0 amide bonds. The van der Waals surface area contributed by atoms with Crippen LogP contribution in [0.25, 0.3) is 0 Å². The number of aliphatic hydroxyl groups is 1. The molecule has 1 aromatic rings. The fourth-order valence-electron chi connectivity index (χ4n) is 6.74. The molecule has 2 N–H and O–H groups in total. The zero-order valence-corrected chi connectivity index (χ0v) is 23.2. The second kappa shape index (κ2) is 8.98. The third-order valence-corrected chi connectivity index (χ3v) is 12.2. The minimum absolute atomic E-state index is 0.00279. The summed E-state index contributed by atoms with van der Waals surface area (Å²) in [6.07, 6.45) is 8.46. The van der Waals surface area contributed by atoms with Crippen LogP contribution in [-0.2, 0) is 6.42 Å². The summed E-state index contributed by atoms with van der Waals surface area (Å²) in [6, 6.07) is 5.18. The maximum absolute atomic E-state index is 11.6. The van der Waals surface area contributed by atoms with Gasteiger partial charge in [0.25, 0.3) is 0 Å². The van der Waals surface area contributed by atoms with Crippen molar-refractivity contribution in [2.75, 3.05) is 0 Å². The van der Waals surface area contributed by atoms with E-state index in [1.165, 1.54) is 5.57 Å². The number of aromatic carboxylic acids is 1. The Morgan fingerprint density at radius 2 is 1.88 bits per heavy atom. The predicted molar refractivity (Wildman–Crippen MR) is 138 cm³/mol. The SMILES string of the molecule is CC1(C)[C@@H](Br)CC[C@](C)(O)[C@H]1CC[C@@]1(C)[C@@H]2Cc3cc(C(=O)O)ccc3OC=C2CC[C@@H]1Br. The topological polar surface area (TPSA) is 66.8 Å². The largest absolute Gasteiger partial charge is 0.478 e. The molecule has 0 radical (unpaired) electrons. The third-order valence-electron chi connectivity index (χ3n) is 9.05. The summed E-state index contributed by atoms with van der Waals surface area (Å²) in [5.41, 5.74) is 1.88. The highest BCUT2D eigenvalue weighted by atomic mass is 79.9. The first kappa shape index (κ1) is 25.2. The number of halogens is 2. The summed E-state index contributed by atoms with van der Waals surface area (Å²) in [6.45, 7) is 8.95. The Morgan fingerprint density at radius 3 is 2.58 bits per heavy atom. The molecular formula is C27H36Br2O4. The molecule has 2 aliphatic carbocycles. The van der Waals surface area contributed by atoms with Gasteiger partial charge in [-0.2, -0.15) is 0 Å². The molecule has 4 nitrogen and oxygen atoms in total. The molecule has 3 aliphatic rings. The van der Waals surface area contributed by atoms with Crippen molar-refractivity contribution in [3.8, 4) is 5.75 Å². The van der Waals surface area contributed by atoms with Crippen LogP contribution in [0, 0.1) is 22.7 Å². The van der Waals surface area contributed by atoms with Gasteiger partial charge in [-0.3, -0.25) is 0 Å². The Balaban J connectivity index is 1.64.